The Labute approximate surface area is 148 Å². The minimum absolute atomic E-state index is 0.158. The summed E-state index contributed by atoms with van der Waals surface area (Å²) in [7, 11) is -4.09. The number of halogens is 2. The molecule has 0 aliphatic carbocycles. The largest absolute Gasteiger partial charge is 0.505 e. The van der Waals surface area contributed by atoms with Gasteiger partial charge in [-0.15, -0.1) is 11.8 Å². The van der Waals surface area contributed by atoms with Crippen LogP contribution >= 0.6 is 35.0 Å². The normalized spacial score (nSPS) is 11.4. The van der Waals surface area contributed by atoms with Crippen LogP contribution in [0.1, 0.15) is 0 Å². The van der Waals surface area contributed by atoms with Crippen LogP contribution in [0.3, 0.4) is 0 Å². The van der Waals surface area contributed by atoms with Crippen molar-refractivity contribution in [2.45, 2.75) is 4.90 Å². The van der Waals surface area contributed by atoms with Crippen molar-refractivity contribution in [3.63, 3.8) is 0 Å². The fourth-order valence-corrected chi connectivity index (χ4v) is 3.08. The molecule has 3 N–H and O–H groups in total. The Morgan fingerprint density at radius 2 is 2.04 bits per heavy atom. The predicted molar refractivity (Wildman–Crippen MR) is 89.1 cm³/mol. The molecule has 1 aromatic rings. The summed E-state index contributed by atoms with van der Waals surface area (Å²) in [6.45, 7) is -0.169. The van der Waals surface area contributed by atoms with Crippen LogP contribution in [0.5, 0.6) is 5.75 Å². The maximum atomic E-state index is 11.3. The topological polar surface area (TPSA) is 113 Å². The van der Waals surface area contributed by atoms with Crippen molar-refractivity contribution < 1.29 is 27.6 Å². The van der Waals surface area contributed by atoms with Crippen LogP contribution in [-0.4, -0.2) is 55.2 Å². The van der Waals surface area contributed by atoms with E-state index in [4.69, 9.17) is 32.5 Å². The van der Waals surface area contributed by atoms with E-state index in [1.165, 1.54) is 17.8 Å². The molecule has 0 saturated heterocycles. The van der Waals surface area contributed by atoms with E-state index >= 15 is 0 Å². The number of carbonyl (C=O) groups excluding carboxylic acids is 1. The third kappa shape index (κ3) is 8.09. The first-order valence-electron chi connectivity index (χ1n) is 6.30. The van der Waals surface area contributed by atoms with E-state index in [0.29, 0.717) is 10.6 Å². The minimum Gasteiger partial charge on any atom is -0.505 e. The van der Waals surface area contributed by atoms with E-state index < -0.39 is 21.8 Å². The molecule has 0 fully saturated rings. The van der Waals surface area contributed by atoms with Crippen molar-refractivity contribution in [3.05, 3.63) is 22.2 Å². The van der Waals surface area contributed by atoms with Gasteiger partial charge in [-0.05, 0) is 12.1 Å². The van der Waals surface area contributed by atoms with Crippen molar-refractivity contribution in [3.8, 4) is 5.75 Å². The van der Waals surface area contributed by atoms with Crippen LogP contribution in [-0.2, 0) is 19.6 Å². The van der Waals surface area contributed by atoms with Gasteiger partial charge >= 0.3 is 0 Å². The smallest absolute Gasteiger partial charge is 0.266 e. The molecule has 0 saturated carbocycles. The summed E-state index contributed by atoms with van der Waals surface area (Å²) < 4.78 is 34.5. The average molecular weight is 404 g/mol. The van der Waals surface area contributed by atoms with Gasteiger partial charge in [0.1, 0.15) is 6.61 Å². The summed E-state index contributed by atoms with van der Waals surface area (Å²) in [5, 5.41) is 12.2. The molecule has 11 heteroatoms. The monoisotopic (exact) mass is 403 g/mol. The molecule has 1 rings (SSSR count). The van der Waals surface area contributed by atoms with Gasteiger partial charge in [0.05, 0.1) is 22.4 Å². The number of carbonyl (C=O) groups is 1. The minimum atomic E-state index is -4.09. The maximum absolute atomic E-state index is 11.3. The lowest BCUT2D eigenvalue weighted by atomic mass is 10.3. The number of rotatable bonds is 9. The number of benzene rings is 1. The SMILES string of the molecule is O=C(COCCSc1ccc(Cl)c(O)c1Cl)NCCS(=O)(=O)O. The molecular weight excluding hydrogens is 389 g/mol. The van der Waals surface area contributed by atoms with Gasteiger partial charge in [-0.1, -0.05) is 23.2 Å². The fourth-order valence-electron chi connectivity index (χ4n) is 1.38. The molecule has 0 heterocycles. The fraction of sp³-hybridized carbons (Fsp3) is 0.417. The second kappa shape index (κ2) is 9.55. The number of aromatic hydroxyl groups is 1. The summed E-state index contributed by atoms with van der Waals surface area (Å²) in [5.41, 5.74) is 0. The third-order valence-electron chi connectivity index (χ3n) is 2.43. The predicted octanol–water partition coefficient (Wildman–Crippen LogP) is 1.81. The summed E-state index contributed by atoms with van der Waals surface area (Å²) in [5.74, 6) is -0.732. The number of phenolic OH excluding ortho intramolecular Hbond substituents is 1. The summed E-state index contributed by atoms with van der Waals surface area (Å²) in [4.78, 5) is 11.9. The highest BCUT2D eigenvalue weighted by atomic mass is 35.5. The van der Waals surface area contributed by atoms with Gasteiger partial charge in [0, 0.05) is 17.2 Å². The molecule has 0 unspecified atom stereocenters. The lowest BCUT2D eigenvalue weighted by Crippen LogP contribution is -2.32. The Morgan fingerprint density at radius 3 is 2.70 bits per heavy atom. The van der Waals surface area contributed by atoms with Crippen molar-refractivity contribution in [1.29, 1.82) is 0 Å². The Hall–Kier alpha value is -0.710. The molecular formula is C12H15Cl2NO6S2. The lowest BCUT2D eigenvalue weighted by Gasteiger charge is -2.08. The molecule has 23 heavy (non-hydrogen) atoms. The highest BCUT2D eigenvalue weighted by molar-refractivity contribution is 7.99. The number of amides is 1. The maximum Gasteiger partial charge on any atom is 0.266 e. The van der Waals surface area contributed by atoms with Crippen LogP contribution in [0.2, 0.25) is 10.0 Å². The molecule has 130 valence electrons. The van der Waals surface area contributed by atoms with E-state index in [1.807, 2.05) is 0 Å². The molecule has 1 aromatic carbocycles. The highest BCUT2D eigenvalue weighted by Crippen LogP contribution is 2.38. The van der Waals surface area contributed by atoms with E-state index in [-0.39, 0.29) is 35.6 Å². The Morgan fingerprint density at radius 1 is 1.35 bits per heavy atom. The zero-order valence-corrected chi connectivity index (χ0v) is 14.9. The zero-order chi connectivity index (χ0) is 17.5. The van der Waals surface area contributed by atoms with Crippen LogP contribution in [0.25, 0.3) is 0 Å². The first-order chi connectivity index (χ1) is 10.7. The summed E-state index contributed by atoms with van der Waals surface area (Å²) in [6.07, 6.45) is 0. The second-order valence-corrected chi connectivity index (χ2v) is 7.74. The molecule has 0 bridgehead atoms. The molecule has 0 radical (unpaired) electrons. The molecule has 0 atom stereocenters. The number of ether oxygens (including phenoxy) is 1. The number of nitrogens with one attached hydrogen (secondary N) is 1. The van der Waals surface area contributed by atoms with E-state index in [1.54, 1.807) is 6.07 Å². The van der Waals surface area contributed by atoms with Gasteiger partial charge in [-0.25, -0.2) is 0 Å². The molecule has 0 aromatic heterocycles. The number of hydrogen-bond acceptors (Lipinski definition) is 6. The number of thioether (sulfide) groups is 1. The lowest BCUT2D eigenvalue weighted by molar-refractivity contribution is -0.125. The van der Waals surface area contributed by atoms with Gasteiger partial charge < -0.3 is 15.2 Å². The summed E-state index contributed by atoms with van der Waals surface area (Å²) >= 11 is 13.0. The first kappa shape index (κ1) is 20.3. The standard InChI is InChI=1S/C12H15Cl2NO6S2/c13-8-1-2-9(11(14)12(8)17)22-5-4-21-7-10(16)15-3-6-23(18,19)20/h1-2,17H,3-7H2,(H,15,16)(H,18,19,20). The third-order valence-corrected chi connectivity index (χ3v) is 4.97. The Balaban J connectivity index is 2.21. The van der Waals surface area contributed by atoms with Crippen LogP contribution in [0.4, 0.5) is 0 Å². The van der Waals surface area contributed by atoms with Gasteiger partial charge in [-0.2, -0.15) is 8.42 Å². The van der Waals surface area contributed by atoms with Gasteiger partial charge in [-0.3, -0.25) is 9.35 Å². The second-order valence-electron chi connectivity index (χ2n) is 4.25. The molecule has 1 amide bonds. The molecule has 0 spiro atoms. The highest BCUT2D eigenvalue weighted by Gasteiger charge is 2.10. The number of phenols is 1. The zero-order valence-electron chi connectivity index (χ0n) is 11.8. The Kier molecular flexibility index (Phi) is 8.45. The Bertz CT molecular complexity index is 653. The number of hydrogen-bond donors (Lipinski definition) is 3. The van der Waals surface area contributed by atoms with E-state index in [9.17, 15) is 18.3 Å². The average Bonchev–Trinajstić information content (AvgIpc) is 2.45. The quantitative estimate of drug-likeness (QED) is 0.327. The van der Waals surface area contributed by atoms with Crippen LogP contribution in [0.15, 0.2) is 17.0 Å². The van der Waals surface area contributed by atoms with Gasteiger partial charge in [0.2, 0.25) is 5.91 Å². The molecule has 7 nitrogen and oxygen atoms in total. The van der Waals surface area contributed by atoms with Crippen molar-refractivity contribution in [2.24, 2.45) is 0 Å². The van der Waals surface area contributed by atoms with Crippen molar-refractivity contribution >= 4 is 51.0 Å². The van der Waals surface area contributed by atoms with E-state index in [2.05, 4.69) is 5.32 Å². The first-order valence-corrected chi connectivity index (χ1v) is 9.65. The molecule has 0 aliphatic rings. The van der Waals surface area contributed by atoms with Crippen LogP contribution < -0.4 is 5.32 Å². The van der Waals surface area contributed by atoms with Crippen molar-refractivity contribution in [1.82, 2.24) is 5.32 Å². The van der Waals surface area contributed by atoms with Crippen molar-refractivity contribution in [2.75, 3.05) is 31.3 Å². The van der Waals surface area contributed by atoms with E-state index in [0.717, 1.165) is 0 Å². The molecule has 0 aliphatic heterocycles. The van der Waals surface area contributed by atoms with Gasteiger partial charge in [0.15, 0.2) is 5.75 Å². The summed E-state index contributed by atoms with van der Waals surface area (Å²) in [6, 6.07) is 3.19. The van der Waals surface area contributed by atoms with Crippen LogP contribution in [0, 0.1) is 0 Å². The van der Waals surface area contributed by atoms with Gasteiger partial charge in [0.25, 0.3) is 10.1 Å².